The second-order valence-corrected chi connectivity index (χ2v) is 6.54. The van der Waals surface area contributed by atoms with Crippen molar-refractivity contribution in [3.05, 3.63) is 29.5 Å². The van der Waals surface area contributed by atoms with Gasteiger partial charge in [-0.1, -0.05) is 19.4 Å². The van der Waals surface area contributed by atoms with Crippen LogP contribution in [0, 0.1) is 0 Å². The summed E-state index contributed by atoms with van der Waals surface area (Å²) >= 11 is 1.66. The van der Waals surface area contributed by atoms with Crippen molar-refractivity contribution < 1.29 is 4.42 Å². The molecule has 3 rings (SSSR count). The molecule has 2 aromatic heterocycles. The highest BCUT2D eigenvalue weighted by atomic mass is 32.1. The summed E-state index contributed by atoms with van der Waals surface area (Å²) in [5.41, 5.74) is 1.02. The number of hydrogen-bond acceptors (Lipinski definition) is 5. The predicted octanol–water partition coefficient (Wildman–Crippen LogP) is 3.37. The molecule has 2 aromatic rings. The maximum absolute atomic E-state index is 5.60. The topological polar surface area (TPSA) is 41.3 Å². The van der Waals surface area contributed by atoms with Gasteiger partial charge in [0.2, 0.25) is 5.89 Å². The van der Waals surface area contributed by atoms with E-state index in [1.54, 1.807) is 17.6 Å². The molecule has 1 aliphatic rings. The predicted molar refractivity (Wildman–Crippen MR) is 86.4 cm³/mol. The number of nitrogens with one attached hydrogen (secondary N) is 1. The number of rotatable bonds is 6. The highest BCUT2D eigenvalue weighted by molar-refractivity contribution is 7.13. The standard InChI is InChI=1S/C16H23N3OS/c1-2-19(10-13-6-3-4-8-17-13)11-14-12-20-16(18-14)15-7-5-9-21-15/h5,7,9,12-13,17H,2-4,6,8,10-11H2,1H3. The lowest BCUT2D eigenvalue weighted by Gasteiger charge is -2.29. The van der Waals surface area contributed by atoms with E-state index in [1.807, 2.05) is 17.5 Å². The van der Waals surface area contributed by atoms with Gasteiger partial charge >= 0.3 is 0 Å². The summed E-state index contributed by atoms with van der Waals surface area (Å²) in [5.74, 6) is 0.742. The molecule has 1 fully saturated rings. The first-order chi connectivity index (χ1) is 10.3. The zero-order valence-electron chi connectivity index (χ0n) is 12.5. The van der Waals surface area contributed by atoms with E-state index >= 15 is 0 Å². The summed E-state index contributed by atoms with van der Waals surface area (Å²) in [4.78, 5) is 8.15. The molecule has 0 aromatic carbocycles. The van der Waals surface area contributed by atoms with Crippen LogP contribution in [0.3, 0.4) is 0 Å². The van der Waals surface area contributed by atoms with Gasteiger partial charge in [0.05, 0.1) is 10.6 Å². The van der Waals surface area contributed by atoms with E-state index in [1.165, 1.54) is 19.3 Å². The molecule has 0 aliphatic carbocycles. The van der Waals surface area contributed by atoms with E-state index in [0.29, 0.717) is 6.04 Å². The van der Waals surface area contributed by atoms with Gasteiger partial charge in [0, 0.05) is 19.1 Å². The molecular formula is C16H23N3OS. The Kier molecular flexibility index (Phi) is 5.06. The molecule has 5 heteroatoms. The van der Waals surface area contributed by atoms with Crippen LogP contribution in [0.1, 0.15) is 31.9 Å². The summed E-state index contributed by atoms with van der Waals surface area (Å²) in [7, 11) is 0. The quantitative estimate of drug-likeness (QED) is 0.888. The number of hydrogen-bond donors (Lipinski definition) is 1. The molecular weight excluding hydrogens is 282 g/mol. The molecule has 1 saturated heterocycles. The SMILES string of the molecule is CCN(Cc1coc(-c2cccs2)n1)CC1CCCCN1. The summed E-state index contributed by atoms with van der Waals surface area (Å²) in [6, 6.07) is 4.70. The lowest BCUT2D eigenvalue weighted by atomic mass is 10.0. The fourth-order valence-corrected chi connectivity index (χ4v) is 3.47. The molecule has 1 N–H and O–H groups in total. The number of aromatic nitrogens is 1. The highest BCUT2D eigenvalue weighted by Gasteiger charge is 2.17. The van der Waals surface area contributed by atoms with Crippen molar-refractivity contribution in [3.63, 3.8) is 0 Å². The van der Waals surface area contributed by atoms with Gasteiger partial charge in [0.1, 0.15) is 6.26 Å². The second kappa shape index (κ2) is 7.20. The van der Waals surface area contributed by atoms with E-state index in [9.17, 15) is 0 Å². The van der Waals surface area contributed by atoms with Crippen LogP contribution < -0.4 is 5.32 Å². The smallest absolute Gasteiger partial charge is 0.236 e. The van der Waals surface area contributed by atoms with Crippen LogP contribution >= 0.6 is 11.3 Å². The number of oxazole rings is 1. The number of nitrogens with zero attached hydrogens (tertiary/aromatic N) is 2. The van der Waals surface area contributed by atoms with Gasteiger partial charge in [-0.3, -0.25) is 4.90 Å². The molecule has 0 amide bonds. The lowest BCUT2D eigenvalue weighted by molar-refractivity contribution is 0.224. The van der Waals surface area contributed by atoms with Crippen LogP contribution in [-0.2, 0) is 6.54 Å². The van der Waals surface area contributed by atoms with Crippen LogP contribution in [0.25, 0.3) is 10.8 Å². The second-order valence-electron chi connectivity index (χ2n) is 5.60. The van der Waals surface area contributed by atoms with Crippen molar-refractivity contribution in [2.45, 2.75) is 38.8 Å². The Bertz CT molecular complexity index is 531. The summed E-state index contributed by atoms with van der Waals surface area (Å²) in [5, 5.41) is 5.66. The van der Waals surface area contributed by atoms with E-state index in [-0.39, 0.29) is 0 Å². The van der Waals surface area contributed by atoms with Crippen molar-refractivity contribution in [2.24, 2.45) is 0 Å². The monoisotopic (exact) mass is 305 g/mol. The zero-order valence-corrected chi connectivity index (χ0v) is 13.4. The first kappa shape index (κ1) is 14.8. The van der Waals surface area contributed by atoms with Crippen LogP contribution in [-0.4, -0.2) is 35.6 Å². The summed E-state index contributed by atoms with van der Waals surface area (Å²) in [6.07, 6.45) is 5.75. The number of likely N-dealkylation sites (N-methyl/N-ethyl adjacent to an activating group) is 1. The Balaban J connectivity index is 1.58. The van der Waals surface area contributed by atoms with E-state index in [4.69, 9.17) is 4.42 Å². The minimum absolute atomic E-state index is 0.627. The fourth-order valence-electron chi connectivity index (χ4n) is 2.82. The molecule has 114 valence electrons. The molecule has 3 heterocycles. The Morgan fingerprint density at radius 1 is 1.48 bits per heavy atom. The van der Waals surface area contributed by atoms with E-state index in [0.717, 1.165) is 42.6 Å². The largest absolute Gasteiger partial charge is 0.444 e. The van der Waals surface area contributed by atoms with Crippen molar-refractivity contribution in [3.8, 4) is 10.8 Å². The number of thiophene rings is 1. The van der Waals surface area contributed by atoms with Gasteiger partial charge in [-0.2, -0.15) is 0 Å². The van der Waals surface area contributed by atoms with E-state index in [2.05, 4.69) is 22.1 Å². The van der Waals surface area contributed by atoms with E-state index < -0.39 is 0 Å². The minimum Gasteiger partial charge on any atom is -0.444 e. The third kappa shape index (κ3) is 3.93. The number of piperidine rings is 1. The highest BCUT2D eigenvalue weighted by Crippen LogP contribution is 2.24. The molecule has 1 aliphatic heterocycles. The molecule has 0 bridgehead atoms. The van der Waals surface area contributed by atoms with Crippen molar-refractivity contribution in [1.29, 1.82) is 0 Å². The molecule has 4 nitrogen and oxygen atoms in total. The Morgan fingerprint density at radius 3 is 3.14 bits per heavy atom. The van der Waals surface area contributed by atoms with Crippen molar-refractivity contribution in [1.82, 2.24) is 15.2 Å². The van der Waals surface area contributed by atoms with Gasteiger partial charge in [-0.05, 0) is 37.4 Å². The normalized spacial score (nSPS) is 19.2. The van der Waals surface area contributed by atoms with Gasteiger partial charge < -0.3 is 9.73 Å². The maximum atomic E-state index is 5.60. The molecule has 21 heavy (non-hydrogen) atoms. The Morgan fingerprint density at radius 2 is 2.43 bits per heavy atom. The minimum atomic E-state index is 0.627. The average Bonchev–Trinajstić information content (AvgIpc) is 3.18. The van der Waals surface area contributed by atoms with Gasteiger partial charge in [-0.15, -0.1) is 11.3 Å². The average molecular weight is 305 g/mol. The van der Waals surface area contributed by atoms with Crippen molar-refractivity contribution in [2.75, 3.05) is 19.6 Å². The maximum Gasteiger partial charge on any atom is 0.236 e. The molecule has 0 radical (unpaired) electrons. The van der Waals surface area contributed by atoms with Gasteiger partial charge in [-0.25, -0.2) is 4.98 Å². The summed E-state index contributed by atoms with van der Waals surface area (Å²) < 4.78 is 5.60. The fraction of sp³-hybridized carbons (Fsp3) is 0.562. The zero-order chi connectivity index (χ0) is 14.5. The molecule has 0 spiro atoms. The Hall–Kier alpha value is -1.17. The third-order valence-corrected chi connectivity index (χ3v) is 4.87. The lowest BCUT2D eigenvalue weighted by Crippen LogP contribution is -2.43. The van der Waals surface area contributed by atoms with Crippen LogP contribution in [0.15, 0.2) is 28.2 Å². The van der Waals surface area contributed by atoms with Crippen LogP contribution in [0.2, 0.25) is 0 Å². The third-order valence-electron chi connectivity index (χ3n) is 4.01. The van der Waals surface area contributed by atoms with Gasteiger partial charge in [0.25, 0.3) is 0 Å². The van der Waals surface area contributed by atoms with Gasteiger partial charge in [0.15, 0.2) is 0 Å². The molecule has 1 unspecified atom stereocenters. The summed E-state index contributed by atoms with van der Waals surface area (Å²) in [6.45, 7) is 6.37. The Labute approximate surface area is 130 Å². The van der Waals surface area contributed by atoms with Crippen molar-refractivity contribution >= 4 is 11.3 Å². The van der Waals surface area contributed by atoms with Crippen LogP contribution in [0.5, 0.6) is 0 Å². The van der Waals surface area contributed by atoms with Crippen LogP contribution in [0.4, 0.5) is 0 Å². The first-order valence-electron chi connectivity index (χ1n) is 7.79. The molecule has 1 atom stereocenters. The first-order valence-corrected chi connectivity index (χ1v) is 8.67. The molecule has 0 saturated carbocycles.